The summed E-state index contributed by atoms with van der Waals surface area (Å²) in [6.45, 7) is 5.30. The minimum absolute atomic E-state index is 0.0151. The SMILES string of the molecule is O=c1cc(-c2ccncc2)nc2n1CCCN2CCCN(Cc1ccccc1)Cc1ccccc1. The van der Waals surface area contributed by atoms with Crippen LogP contribution < -0.4 is 10.5 Å². The lowest BCUT2D eigenvalue weighted by molar-refractivity contribution is 0.253. The van der Waals surface area contributed by atoms with E-state index in [9.17, 15) is 4.79 Å². The van der Waals surface area contributed by atoms with E-state index in [-0.39, 0.29) is 5.56 Å². The number of anilines is 1. The topological polar surface area (TPSA) is 54.3 Å². The number of aromatic nitrogens is 3. The average Bonchev–Trinajstić information content (AvgIpc) is 2.90. The first-order chi connectivity index (χ1) is 17.3. The Hall–Kier alpha value is -3.77. The summed E-state index contributed by atoms with van der Waals surface area (Å²) < 4.78 is 1.82. The van der Waals surface area contributed by atoms with Gasteiger partial charge < -0.3 is 4.90 Å². The lowest BCUT2D eigenvalue weighted by Crippen LogP contribution is -2.40. The molecule has 0 atom stereocenters. The molecule has 4 aromatic rings. The Bertz CT molecular complexity index is 1230. The predicted octanol–water partition coefficient (Wildman–Crippen LogP) is 4.61. The highest BCUT2D eigenvalue weighted by molar-refractivity contribution is 5.59. The second kappa shape index (κ2) is 11.1. The van der Waals surface area contributed by atoms with Crippen molar-refractivity contribution in [2.45, 2.75) is 32.5 Å². The fourth-order valence-electron chi connectivity index (χ4n) is 4.73. The fraction of sp³-hybridized carbons (Fsp3) is 0.276. The van der Waals surface area contributed by atoms with Crippen molar-refractivity contribution >= 4 is 5.95 Å². The van der Waals surface area contributed by atoms with Crippen molar-refractivity contribution in [1.82, 2.24) is 19.4 Å². The van der Waals surface area contributed by atoms with E-state index in [2.05, 4.69) is 75.4 Å². The van der Waals surface area contributed by atoms with Crippen LogP contribution in [0.5, 0.6) is 0 Å². The first-order valence-electron chi connectivity index (χ1n) is 12.3. The van der Waals surface area contributed by atoms with Crippen LogP contribution in [0.15, 0.2) is 96.1 Å². The highest BCUT2D eigenvalue weighted by atomic mass is 16.1. The van der Waals surface area contributed by atoms with E-state index >= 15 is 0 Å². The fourth-order valence-corrected chi connectivity index (χ4v) is 4.73. The summed E-state index contributed by atoms with van der Waals surface area (Å²) in [7, 11) is 0. The second-order valence-corrected chi connectivity index (χ2v) is 9.04. The number of fused-ring (bicyclic) bond motifs is 1. The van der Waals surface area contributed by atoms with Crippen LogP contribution >= 0.6 is 0 Å². The standard InChI is InChI=1S/C29H31N5O/c35-28-21-27(26-13-15-30-16-14-26)31-29-33(19-8-20-34(28)29)18-7-17-32(22-24-9-3-1-4-10-24)23-25-11-5-2-6-12-25/h1-6,9-16,21H,7-8,17-20,22-23H2. The monoisotopic (exact) mass is 465 g/mol. The zero-order valence-electron chi connectivity index (χ0n) is 20.0. The normalized spacial score (nSPS) is 13.1. The Morgan fingerprint density at radius 1 is 0.829 bits per heavy atom. The number of benzene rings is 2. The van der Waals surface area contributed by atoms with Gasteiger partial charge in [0.1, 0.15) is 0 Å². The van der Waals surface area contributed by atoms with Crippen molar-refractivity contribution in [3.63, 3.8) is 0 Å². The summed E-state index contributed by atoms with van der Waals surface area (Å²) in [5.74, 6) is 0.785. The van der Waals surface area contributed by atoms with E-state index in [0.717, 1.165) is 63.6 Å². The van der Waals surface area contributed by atoms with Crippen LogP contribution in [-0.4, -0.2) is 39.1 Å². The maximum absolute atomic E-state index is 12.9. The Morgan fingerprint density at radius 2 is 1.49 bits per heavy atom. The van der Waals surface area contributed by atoms with Crippen LogP contribution in [0.3, 0.4) is 0 Å². The van der Waals surface area contributed by atoms with Gasteiger partial charge in [-0.25, -0.2) is 4.98 Å². The zero-order chi connectivity index (χ0) is 23.9. The Labute approximate surface area is 206 Å². The molecule has 5 rings (SSSR count). The number of hydrogen-bond acceptors (Lipinski definition) is 5. The molecular formula is C29H31N5O. The first kappa shape index (κ1) is 23.0. The zero-order valence-corrected chi connectivity index (χ0v) is 20.0. The van der Waals surface area contributed by atoms with Gasteiger partial charge in [-0.15, -0.1) is 0 Å². The number of hydrogen-bond donors (Lipinski definition) is 0. The Kier molecular flexibility index (Phi) is 7.29. The van der Waals surface area contributed by atoms with Gasteiger partial charge in [-0.05, 0) is 36.1 Å². The first-order valence-corrected chi connectivity index (χ1v) is 12.3. The molecule has 2 aromatic carbocycles. The van der Waals surface area contributed by atoms with Gasteiger partial charge in [-0.3, -0.25) is 19.2 Å². The lowest BCUT2D eigenvalue weighted by Gasteiger charge is -2.32. The average molecular weight is 466 g/mol. The molecule has 0 aliphatic carbocycles. The smallest absolute Gasteiger partial charge is 0.255 e. The summed E-state index contributed by atoms with van der Waals surface area (Å²) >= 11 is 0. The van der Waals surface area contributed by atoms with Gasteiger partial charge in [0.15, 0.2) is 0 Å². The molecule has 0 amide bonds. The summed E-state index contributed by atoms with van der Waals surface area (Å²) in [6, 6.07) is 26.7. The van der Waals surface area contributed by atoms with Gasteiger partial charge in [-0.2, -0.15) is 0 Å². The summed E-state index contributed by atoms with van der Waals surface area (Å²) in [5, 5.41) is 0. The molecule has 0 N–H and O–H groups in total. The van der Waals surface area contributed by atoms with Gasteiger partial charge in [-0.1, -0.05) is 60.7 Å². The van der Waals surface area contributed by atoms with Gasteiger partial charge in [0, 0.05) is 63.3 Å². The van der Waals surface area contributed by atoms with Crippen molar-refractivity contribution in [3.05, 3.63) is 113 Å². The van der Waals surface area contributed by atoms with Crippen LogP contribution in [0, 0.1) is 0 Å². The molecule has 0 fully saturated rings. The minimum atomic E-state index is 0.0151. The number of pyridine rings is 1. The molecule has 0 saturated carbocycles. The molecule has 0 radical (unpaired) electrons. The van der Waals surface area contributed by atoms with Gasteiger partial charge in [0.25, 0.3) is 5.56 Å². The van der Waals surface area contributed by atoms with E-state index in [1.165, 1.54) is 11.1 Å². The van der Waals surface area contributed by atoms with Gasteiger partial charge in [0.2, 0.25) is 5.95 Å². The quantitative estimate of drug-likeness (QED) is 0.361. The van der Waals surface area contributed by atoms with E-state index in [1.54, 1.807) is 18.5 Å². The molecule has 6 nitrogen and oxygen atoms in total. The van der Waals surface area contributed by atoms with Crippen LogP contribution in [0.1, 0.15) is 24.0 Å². The molecule has 1 aliphatic rings. The molecule has 0 unspecified atom stereocenters. The second-order valence-electron chi connectivity index (χ2n) is 9.04. The van der Waals surface area contributed by atoms with Crippen molar-refractivity contribution in [3.8, 4) is 11.3 Å². The van der Waals surface area contributed by atoms with Crippen LogP contribution in [0.2, 0.25) is 0 Å². The molecule has 2 aromatic heterocycles. The summed E-state index contributed by atoms with van der Waals surface area (Å²) in [4.78, 5) is 26.6. The summed E-state index contributed by atoms with van der Waals surface area (Å²) in [6.07, 6.45) is 5.43. The van der Waals surface area contributed by atoms with Crippen molar-refractivity contribution in [1.29, 1.82) is 0 Å². The number of nitrogens with zero attached hydrogens (tertiary/aromatic N) is 5. The molecule has 0 spiro atoms. The largest absolute Gasteiger partial charge is 0.342 e. The highest BCUT2D eigenvalue weighted by Gasteiger charge is 2.21. The van der Waals surface area contributed by atoms with Crippen molar-refractivity contribution < 1.29 is 0 Å². The molecule has 0 saturated heterocycles. The molecule has 1 aliphatic heterocycles. The molecule has 0 bridgehead atoms. The third-order valence-corrected chi connectivity index (χ3v) is 6.46. The highest BCUT2D eigenvalue weighted by Crippen LogP contribution is 2.22. The minimum Gasteiger partial charge on any atom is -0.342 e. The Morgan fingerprint density at radius 3 is 2.14 bits per heavy atom. The lowest BCUT2D eigenvalue weighted by atomic mass is 10.1. The predicted molar refractivity (Wildman–Crippen MR) is 140 cm³/mol. The van der Waals surface area contributed by atoms with Crippen molar-refractivity contribution in [2.75, 3.05) is 24.5 Å². The maximum Gasteiger partial charge on any atom is 0.255 e. The third kappa shape index (κ3) is 5.84. The third-order valence-electron chi connectivity index (χ3n) is 6.46. The number of rotatable bonds is 9. The van der Waals surface area contributed by atoms with E-state index in [4.69, 9.17) is 4.98 Å². The summed E-state index contributed by atoms with van der Waals surface area (Å²) in [5.41, 5.74) is 4.29. The molecule has 6 heteroatoms. The van der Waals surface area contributed by atoms with E-state index in [1.807, 2.05) is 16.7 Å². The molecule has 35 heavy (non-hydrogen) atoms. The van der Waals surface area contributed by atoms with Crippen molar-refractivity contribution in [2.24, 2.45) is 0 Å². The van der Waals surface area contributed by atoms with E-state index < -0.39 is 0 Å². The molecule has 3 heterocycles. The Balaban J connectivity index is 1.30. The van der Waals surface area contributed by atoms with Crippen LogP contribution in [0.25, 0.3) is 11.3 Å². The molecule has 178 valence electrons. The molecular weight excluding hydrogens is 434 g/mol. The van der Waals surface area contributed by atoms with Gasteiger partial charge in [0.05, 0.1) is 5.69 Å². The van der Waals surface area contributed by atoms with Gasteiger partial charge >= 0.3 is 0 Å². The van der Waals surface area contributed by atoms with E-state index in [0.29, 0.717) is 5.69 Å². The van der Waals surface area contributed by atoms with Crippen LogP contribution in [0.4, 0.5) is 5.95 Å². The van der Waals surface area contributed by atoms with Crippen LogP contribution in [-0.2, 0) is 19.6 Å². The maximum atomic E-state index is 12.9.